The van der Waals surface area contributed by atoms with Crippen molar-refractivity contribution in [3.05, 3.63) is 35.5 Å². The number of ether oxygens (including phenoxy) is 1. The van der Waals surface area contributed by atoms with Crippen molar-refractivity contribution in [2.24, 2.45) is 0 Å². The van der Waals surface area contributed by atoms with Crippen molar-refractivity contribution in [2.45, 2.75) is 6.92 Å². The van der Waals surface area contributed by atoms with Crippen LogP contribution in [0.1, 0.15) is 12.5 Å². The Morgan fingerprint density at radius 3 is 2.80 bits per heavy atom. The summed E-state index contributed by atoms with van der Waals surface area (Å²) in [5.41, 5.74) is 0.767. The summed E-state index contributed by atoms with van der Waals surface area (Å²) in [5, 5.41) is 2.47. The van der Waals surface area contributed by atoms with Crippen molar-refractivity contribution < 1.29 is 19.1 Å². The van der Waals surface area contributed by atoms with E-state index in [2.05, 4.69) is 5.32 Å². The molecule has 0 saturated carbocycles. The van der Waals surface area contributed by atoms with Crippen LogP contribution in [-0.2, 0) is 14.4 Å². The van der Waals surface area contributed by atoms with Crippen LogP contribution in [0.2, 0.25) is 0 Å². The zero-order chi connectivity index (χ0) is 14.7. The maximum absolute atomic E-state index is 12.1. The molecular weight excluding hydrogens is 260 g/mol. The van der Waals surface area contributed by atoms with Crippen molar-refractivity contribution in [1.29, 1.82) is 0 Å². The van der Waals surface area contributed by atoms with Gasteiger partial charge in [-0.3, -0.25) is 19.3 Å². The maximum atomic E-state index is 12.1. The van der Waals surface area contributed by atoms with Crippen molar-refractivity contribution in [3.63, 3.8) is 0 Å². The van der Waals surface area contributed by atoms with Gasteiger partial charge >= 0.3 is 0 Å². The number of imide groups is 1. The van der Waals surface area contributed by atoms with Gasteiger partial charge < -0.3 is 10.1 Å². The summed E-state index contributed by atoms with van der Waals surface area (Å²) in [5.74, 6) is -0.729. The van der Waals surface area contributed by atoms with Gasteiger partial charge in [-0.05, 0) is 23.8 Å². The molecule has 3 amide bonds. The number of nitrogens with one attached hydrogen (secondary N) is 1. The van der Waals surface area contributed by atoms with E-state index in [1.165, 1.54) is 20.1 Å². The largest absolute Gasteiger partial charge is 0.497 e. The van der Waals surface area contributed by atoms with E-state index in [1.807, 2.05) is 0 Å². The first-order valence-corrected chi connectivity index (χ1v) is 5.99. The van der Waals surface area contributed by atoms with Gasteiger partial charge in [0, 0.05) is 6.92 Å². The number of amides is 3. The number of methoxy groups -OCH3 is 1. The number of nitrogens with zero attached hydrogens (tertiary/aromatic N) is 1. The van der Waals surface area contributed by atoms with Gasteiger partial charge in [-0.15, -0.1) is 0 Å². The van der Waals surface area contributed by atoms with Crippen LogP contribution in [0.25, 0.3) is 6.08 Å². The van der Waals surface area contributed by atoms with Crippen LogP contribution in [0.15, 0.2) is 30.0 Å². The van der Waals surface area contributed by atoms with Crippen molar-refractivity contribution in [2.75, 3.05) is 13.7 Å². The van der Waals surface area contributed by atoms with E-state index in [0.29, 0.717) is 11.3 Å². The molecule has 1 heterocycles. The van der Waals surface area contributed by atoms with E-state index in [0.717, 1.165) is 4.90 Å². The molecule has 1 N–H and O–H groups in total. The average molecular weight is 274 g/mol. The third kappa shape index (κ3) is 2.85. The molecule has 1 saturated heterocycles. The van der Waals surface area contributed by atoms with Gasteiger partial charge in [-0.2, -0.15) is 0 Å². The van der Waals surface area contributed by atoms with E-state index in [-0.39, 0.29) is 12.2 Å². The van der Waals surface area contributed by atoms with Crippen LogP contribution in [0.5, 0.6) is 5.75 Å². The first-order valence-electron chi connectivity index (χ1n) is 5.99. The molecule has 1 aromatic rings. The lowest BCUT2D eigenvalue weighted by Crippen LogP contribution is -2.51. The Kier molecular flexibility index (Phi) is 3.84. The van der Waals surface area contributed by atoms with Gasteiger partial charge in [0.1, 0.15) is 18.0 Å². The Morgan fingerprint density at radius 2 is 2.15 bits per heavy atom. The predicted molar refractivity (Wildman–Crippen MR) is 71.5 cm³/mol. The first-order chi connectivity index (χ1) is 9.51. The molecule has 6 heteroatoms. The molecule has 1 fully saturated rings. The summed E-state index contributed by atoms with van der Waals surface area (Å²) in [7, 11) is 1.54. The van der Waals surface area contributed by atoms with Crippen LogP contribution in [0, 0.1) is 0 Å². The summed E-state index contributed by atoms with van der Waals surface area (Å²) >= 11 is 0. The Bertz CT molecular complexity index is 607. The van der Waals surface area contributed by atoms with Gasteiger partial charge in [-0.1, -0.05) is 12.1 Å². The zero-order valence-corrected chi connectivity index (χ0v) is 11.2. The third-order valence-electron chi connectivity index (χ3n) is 2.84. The lowest BCUT2D eigenvalue weighted by atomic mass is 10.1. The molecule has 0 aromatic heterocycles. The predicted octanol–water partition coefficient (Wildman–Crippen LogP) is 0.541. The molecule has 0 bridgehead atoms. The number of carbonyl (C=O) groups excluding carboxylic acids is 3. The van der Waals surface area contributed by atoms with Gasteiger partial charge in [0.2, 0.25) is 11.8 Å². The topological polar surface area (TPSA) is 75.7 Å². The number of benzene rings is 1. The summed E-state index contributed by atoms with van der Waals surface area (Å²) in [6.07, 6.45) is 1.51. The molecule has 0 spiro atoms. The number of rotatable bonds is 2. The number of carbonyl (C=O) groups is 3. The van der Waals surface area contributed by atoms with Crippen LogP contribution in [-0.4, -0.2) is 36.3 Å². The van der Waals surface area contributed by atoms with Gasteiger partial charge in [0.05, 0.1) is 7.11 Å². The summed E-state index contributed by atoms with van der Waals surface area (Å²) < 4.78 is 5.09. The van der Waals surface area contributed by atoms with Crippen molar-refractivity contribution >= 4 is 23.8 Å². The molecule has 104 valence electrons. The fraction of sp³-hybridized carbons (Fsp3) is 0.214. The van der Waals surface area contributed by atoms with Crippen molar-refractivity contribution in [3.8, 4) is 5.75 Å². The quantitative estimate of drug-likeness (QED) is 0.799. The highest BCUT2D eigenvalue weighted by Gasteiger charge is 2.30. The van der Waals surface area contributed by atoms with E-state index >= 15 is 0 Å². The fourth-order valence-electron chi connectivity index (χ4n) is 1.85. The van der Waals surface area contributed by atoms with Gasteiger partial charge in [-0.25, -0.2) is 0 Å². The van der Waals surface area contributed by atoms with Crippen LogP contribution in [0.3, 0.4) is 0 Å². The summed E-state index contributed by atoms with van der Waals surface area (Å²) in [6.45, 7) is 1.00. The highest BCUT2D eigenvalue weighted by Crippen LogP contribution is 2.16. The second-order valence-corrected chi connectivity index (χ2v) is 4.29. The van der Waals surface area contributed by atoms with Crippen LogP contribution in [0.4, 0.5) is 0 Å². The van der Waals surface area contributed by atoms with E-state index in [4.69, 9.17) is 4.74 Å². The minimum Gasteiger partial charge on any atom is -0.497 e. The monoisotopic (exact) mass is 274 g/mol. The Hall–Kier alpha value is -2.63. The Balaban J connectivity index is 2.33. The molecule has 1 aliphatic heterocycles. The lowest BCUT2D eigenvalue weighted by molar-refractivity contribution is -0.147. The molecule has 0 radical (unpaired) electrons. The number of piperazine rings is 1. The molecule has 0 atom stereocenters. The smallest absolute Gasteiger partial charge is 0.277 e. The van der Waals surface area contributed by atoms with Gasteiger partial charge in [0.15, 0.2) is 0 Å². The summed E-state index contributed by atoms with van der Waals surface area (Å²) in [6, 6.07) is 7.02. The third-order valence-corrected chi connectivity index (χ3v) is 2.84. The normalized spacial score (nSPS) is 17.1. The van der Waals surface area contributed by atoms with E-state index in [1.54, 1.807) is 24.3 Å². The standard InChI is InChI=1S/C14H14N2O4/c1-9(17)16-8-13(18)15-12(14(16)19)7-10-4-3-5-11(6-10)20-2/h3-7H,8H2,1-2H3,(H,15,18)/b12-7-. The fourth-order valence-corrected chi connectivity index (χ4v) is 1.85. The van der Waals surface area contributed by atoms with Crippen LogP contribution >= 0.6 is 0 Å². The first kappa shape index (κ1) is 13.8. The summed E-state index contributed by atoms with van der Waals surface area (Å²) in [4.78, 5) is 35.8. The highest BCUT2D eigenvalue weighted by molar-refractivity contribution is 6.12. The SMILES string of the molecule is COc1cccc(/C=C2\NC(=O)CN(C(C)=O)C2=O)c1. The second kappa shape index (κ2) is 5.56. The molecular formula is C14H14N2O4. The second-order valence-electron chi connectivity index (χ2n) is 4.29. The lowest BCUT2D eigenvalue weighted by Gasteiger charge is -2.25. The minimum atomic E-state index is -0.514. The van der Waals surface area contributed by atoms with E-state index in [9.17, 15) is 14.4 Å². The van der Waals surface area contributed by atoms with Crippen molar-refractivity contribution in [1.82, 2.24) is 10.2 Å². The highest BCUT2D eigenvalue weighted by atomic mass is 16.5. The Morgan fingerprint density at radius 1 is 1.40 bits per heavy atom. The molecule has 1 aliphatic rings. The van der Waals surface area contributed by atoms with Gasteiger partial charge in [0.25, 0.3) is 5.91 Å². The molecule has 2 rings (SSSR count). The molecule has 20 heavy (non-hydrogen) atoms. The Labute approximate surface area is 116 Å². The maximum Gasteiger partial charge on any atom is 0.277 e. The average Bonchev–Trinajstić information content (AvgIpc) is 2.42. The molecule has 1 aromatic carbocycles. The number of hydrogen-bond donors (Lipinski definition) is 1. The minimum absolute atomic E-state index is 0.0738. The van der Waals surface area contributed by atoms with E-state index < -0.39 is 17.7 Å². The van der Waals surface area contributed by atoms with Crippen LogP contribution < -0.4 is 10.1 Å². The zero-order valence-electron chi connectivity index (χ0n) is 11.2. The number of hydrogen-bond acceptors (Lipinski definition) is 4. The molecule has 6 nitrogen and oxygen atoms in total. The molecule has 0 unspecified atom stereocenters. The molecule has 0 aliphatic carbocycles.